The lowest BCUT2D eigenvalue weighted by Crippen LogP contribution is -1.96. The van der Waals surface area contributed by atoms with Crippen LogP contribution in [0.4, 0.5) is 0 Å². The van der Waals surface area contributed by atoms with E-state index < -0.39 is 11.9 Å². The highest BCUT2D eigenvalue weighted by molar-refractivity contribution is 6.04. The van der Waals surface area contributed by atoms with Crippen LogP contribution in [-0.4, -0.2) is 11.9 Å². The Bertz CT molecular complexity index is 741. The summed E-state index contributed by atoms with van der Waals surface area (Å²) >= 11 is 0. The standard InChI is InChI=1S/2C8H8.C5H8.C4H2O3/c2*1-2-8-6-4-3-5-7-8;1-4-5(2)3;5-3-1-2-4(6)7-3/h2*2-7H,1H2;4H,1-2H2,3H3;1-2H. The number of hydrogen-bond acceptors (Lipinski definition) is 3. The van der Waals surface area contributed by atoms with E-state index in [-0.39, 0.29) is 0 Å². The molecule has 0 saturated heterocycles. The van der Waals surface area contributed by atoms with Gasteiger partial charge in [0.15, 0.2) is 0 Å². The van der Waals surface area contributed by atoms with Crippen molar-refractivity contribution < 1.29 is 14.3 Å². The third kappa shape index (κ3) is 13.6. The second-order valence-electron chi connectivity index (χ2n) is 5.35. The van der Waals surface area contributed by atoms with E-state index in [9.17, 15) is 9.59 Å². The Morgan fingerprint density at radius 3 is 1.21 bits per heavy atom. The molecule has 0 amide bonds. The van der Waals surface area contributed by atoms with Gasteiger partial charge in [-0.3, -0.25) is 0 Å². The zero-order chi connectivity index (χ0) is 21.2. The average molecular weight is 374 g/mol. The molecule has 0 fully saturated rings. The van der Waals surface area contributed by atoms with E-state index >= 15 is 0 Å². The van der Waals surface area contributed by atoms with Gasteiger partial charge in [-0.05, 0) is 18.1 Å². The van der Waals surface area contributed by atoms with E-state index in [0.717, 1.165) is 17.7 Å². The Labute approximate surface area is 167 Å². The lowest BCUT2D eigenvalue weighted by molar-refractivity contribution is -0.150. The van der Waals surface area contributed by atoms with Crippen LogP contribution in [0.15, 0.2) is 111 Å². The SMILES string of the molecule is C=CC(=C)C.C=Cc1ccccc1.C=Cc1ccccc1.O=C1C=CC(=O)O1. The van der Waals surface area contributed by atoms with Crippen molar-refractivity contribution in [3.63, 3.8) is 0 Å². The second kappa shape index (κ2) is 15.5. The van der Waals surface area contributed by atoms with Crippen LogP contribution in [0.1, 0.15) is 18.1 Å². The molecule has 3 rings (SSSR count). The summed E-state index contributed by atoms with van der Waals surface area (Å²) in [5.74, 6) is -1.16. The van der Waals surface area contributed by atoms with Gasteiger partial charge in [0.05, 0.1) is 0 Å². The monoisotopic (exact) mass is 374 g/mol. The van der Waals surface area contributed by atoms with Crippen LogP contribution >= 0.6 is 0 Å². The molecule has 0 bridgehead atoms. The van der Waals surface area contributed by atoms with Crippen LogP contribution in [0, 0.1) is 0 Å². The number of carbonyl (C=O) groups excluding carboxylic acids is 2. The van der Waals surface area contributed by atoms with E-state index in [0.29, 0.717) is 0 Å². The summed E-state index contributed by atoms with van der Waals surface area (Å²) in [5.41, 5.74) is 3.37. The molecule has 0 saturated carbocycles. The van der Waals surface area contributed by atoms with Gasteiger partial charge in [-0.1, -0.05) is 111 Å². The number of benzene rings is 2. The topological polar surface area (TPSA) is 43.4 Å². The van der Waals surface area contributed by atoms with Crippen LogP contribution in [0.3, 0.4) is 0 Å². The fourth-order valence-corrected chi connectivity index (χ4v) is 1.48. The Morgan fingerprint density at radius 2 is 1.07 bits per heavy atom. The van der Waals surface area contributed by atoms with E-state index in [1.54, 1.807) is 6.08 Å². The molecule has 28 heavy (non-hydrogen) atoms. The molecule has 3 heteroatoms. The van der Waals surface area contributed by atoms with Crippen LogP contribution < -0.4 is 0 Å². The summed E-state index contributed by atoms with van der Waals surface area (Å²) in [6.07, 6.45) is 7.56. The number of rotatable bonds is 3. The van der Waals surface area contributed by atoms with E-state index in [1.807, 2.05) is 79.7 Å². The van der Waals surface area contributed by atoms with Crippen molar-refractivity contribution in [3.8, 4) is 0 Å². The van der Waals surface area contributed by atoms with Gasteiger partial charge in [0.2, 0.25) is 0 Å². The van der Waals surface area contributed by atoms with Crippen molar-refractivity contribution in [3.05, 3.63) is 122 Å². The fraction of sp³-hybridized carbons (Fsp3) is 0.0400. The summed E-state index contributed by atoms with van der Waals surface area (Å²) < 4.78 is 3.97. The van der Waals surface area contributed by atoms with Gasteiger partial charge in [0.1, 0.15) is 0 Å². The molecule has 0 unspecified atom stereocenters. The first kappa shape index (κ1) is 24.3. The maximum atomic E-state index is 9.92. The summed E-state index contributed by atoms with van der Waals surface area (Å²) in [7, 11) is 0. The number of carbonyl (C=O) groups is 2. The Hall–Kier alpha value is -3.72. The van der Waals surface area contributed by atoms with Gasteiger partial charge in [0, 0.05) is 12.2 Å². The van der Waals surface area contributed by atoms with Crippen LogP contribution in [0.25, 0.3) is 12.2 Å². The molecule has 0 radical (unpaired) electrons. The molecule has 2 aromatic carbocycles. The van der Waals surface area contributed by atoms with E-state index in [4.69, 9.17) is 0 Å². The van der Waals surface area contributed by atoms with Crippen molar-refractivity contribution in [2.75, 3.05) is 0 Å². The molecule has 1 aliphatic heterocycles. The van der Waals surface area contributed by atoms with Crippen LogP contribution in [-0.2, 0) is 14.3 Å². The van der Waals surface area contributed by atoms with Gasteiger partial charge in [-0.15, -0.1) is 0 Å². The van der Waals surface area contributed by atoms with E-state index in [2.05, 4.69) is 31.1 Å². The molecule has 0 aromatic heterocycles. The van der Waals surface area contributed by atoms with Crippen molar-refractivity contribution in [2.24, 2.45) is 0 Å². The molecule has 3 nitrogen and oxygen atoms in total. The molecular formula is C25H26O3. The second-order valence-corrected chi connectivity index (χ2v) is 5.35. The van der Waals surface area contributed by atoms with E-state index in [1.165, 1.54) is 11.1 Å². The largest absolute Gasteiger partial charge is 0.387 e. The fourth-order valence-electron chi connectivity index (χ4n) is 1.48. The molecule has 2 aromatic rings. The van der Waals surface area contributed by atoms with Gasteiger partial charge < -0.3 is 4.74 Å². The lowest BCUT2D eigenvalue weighted by Gasteiger charge is -1.85. The minimum absolute atomic E-state index is 0.579. The summed E-state index contributed by atoms with van der Waals surface area (Å²) in [6.45, 7) is 16.2. The molecule has 0 aliphatic carbocycles. The van der Waals surface area contributed by atoms with Crippen LogP contribution in [0.2, 0.25) is 0 Å². The minimum Gasteiger partial charge on any atom is -0.387 e. The average Bonchev–Trinajstić information content (AvgIpc) is 3.13. The van der Waals surface area contributed by atoms with Crippen LogP contribution in [0.5, 0.6) is 0 Å². The molecule has 1 aliphatic rings. The zero-order valence-corrected chi connectivity index (χ0v) is 16.2. The van der Waals surface area contributed by atoms with Gasteiger partial charge >= 0.3 is 11.9 Å². The molecule has 1 heterocycles. The molecule has 0 spiro atoms. The molecule has 144 valence electrons. The van der Waals surface area contributed by atoms with Crippen molar-refractivity contribution in [1.82, 2.24) is 0 Å². The third-order valence-electron chi connectivity index (χ3n) is 2.98. The number of esters is 2. The summed E-state index contributed by atoms with van der Waals surface area (Å²) in [4.78, 5) is 19.8. The minimum atomic E-state index is -0.579. The highest BCUT2D eigenvalue weighted by atomic mass is 16.6. The summed E-state index contributed by atoms with van der Waals surface area (Å²) in [6, 6.07) is 20.1. The maximum absolute atomic E-state index is 9.92. The van der Waals surface area contributed by atoms with Crippen molar-refractivity contribution in [2.45, 2.75) is 6.92 Å². The number of hydrogen-bond donors (Lipinski definition) is 0. The van der Waals surface area contributed by atoms with Gasteiger partial charge in [0.25, 0.3) is 0 Å². The van der Waals surface area contributed by atoms with Gasteiger partial charge in [-0.25, -0.2) is 9.59 Å². The predicted molar refractivity (Wildman–Crippen MR) is 118 cm³/mol. The first-order chi connectivity index (χ1) is 13.4. The first-order valence-electron chi connectivity index (χ1n) is 8.49. The van der Waals surface area contributed by atoms with Crippen molar-refractivity contribution in [1.29, 1.82) is 0 Å². The number of allylic oxidation sites excluding steroid dienone is 2. The summed E-state index contributed by atoms with van der Waals surface area (Å²) in [5, 5.41) is 0. The Morgan fingerprint density at radius 1 is 0.750 bits per heavy atom. The smallest absolute Gasteiger partial charge is 0.338 e. The predicted octanol–water partition coefficient (Wildman–Crippen LogP) is 6.03. The Kier molecular flexibility index (Phi) is 13.5. The normalized spacial score (nSPS) is 10.5. The van der Waals surface area contributed by atoms with Gasteiger partial charge in [-0.2, -0.15) is 0 Å². The number of ether oxygens (including phenoxy) is 1. The third-order valence-corrected chi connectivity index (χ3v) is 2.98. The zero-order valence-electron chi connectivity index (χ0n) is 16.2. The first-order valence-corrected chi connectivity index (χ1v) is 8.49. The quantitative estimate of drug-likeness (QED) is 0.374. The molecule has 0 N–H and O–H groups in total. The number of cyclic esters (lactones) is 2. The van der Waals surface area contributed by atoms with Crippen molar-refractivity contribution >= 4 is 24.1 Å². The lowest BCUT2D eigenvalue weighted by atomic mass is 10.2. The molecule has 0 atom stereocenters. The Balaban J connectivity index is 0.000000353. The maximum Gasteiger partial charge on any atom is 0.338 e. The highest BCUT2D eigenvalue weighted by Crippen LogP contribution is 1.98. The highest BCUT2D eigenvalue weighted by Gasteiger charge is 2.10. The molecular weight excluding hydrogens is 348 g/mol.